The fourth-order valence-electron chi connectivity index (χ4n) is 7.85. The molecule has 1 N–H and O–H groups in total. The SMILES string of the molecule is C[C@]12CC[C@H]3[C@@H](CCC4=C(C(F)(F)F)C(=O)CC[C@@H]43)C13CC3CC2O. The second kappa shape index (κ2) is 4.71. The third kappa shape index (κ3) is 1.84. The zero-order valence-electron chi connectivity index (χ0n) is 14.5. The molecule has 5 rings (SSSR count). The van der Waals surface area contributed by atoms with Crippen LogP contribution in [-0.2, 0) is 4.79 Å². The summed E-state index contributed by atoms with van der Waals surface area (Å²) in [6.45, 7) is 2.22. The number of hydrogen-bond acceptors (Lipinski definition) is 2. The first-order valence-electron chi connectivity index (χ1n) is 9.71. The average molecular weight is 354 g/mol. The summed E-state index contributed by atoms with van der Waals surface area (Å²) in [6, 6.07) is 0. The van der Waals surface area contributed by atoms with Crippen molar-refractivity contribution in [3.63, 3.8) is 0 Å². The van der Waals surface area contributed by atoms with Gasteiger partial charge in [0.2, 0.25) is 0 Å². The number of alkyl halides is 3. The van der Waals surface area contributed by atoms with Crippen LogP contribution in [0.1, 0.15) is 58.3 Å². The fraction of sp³-hybridized carbons (Fsp3) is 0.850. The second-order valence-electron chi connectivity index (χ2n) is 9.42. The van der Waals surface area contributed by atoms with Crippen molar-refractivity contribution in [2.75, 3.05) is 0 Å². The van der Waals surface area contributed by atoms with Crippen molar-refractivity contribution in [2.24, 2.45) is 34.5 Å². The number of rotatable bonds is 0. The van der Waals surface area contributed by atoms with Crippen LogP contribution in [0.15, 0.2) is 11.1 Å². The maximum atomic E-state index is 13.5. The molecule has 25 heavy (non-hydrogen) atoms. The molecule has 0 aliphatic heterocycles. The van der Waals surface area contributed by atoms with Gasteiger partial charge < -0.3 is 5.11 Å². The molecule has 0 aromatic rings. The molecule has 3 unspecified atom stereocenters. The van der Waals surface area contributed by atoms with Crippen molar-refractivity contribution >= 4 is 5.78 Å². The van der Waals surface area contributed by atoms with E-state index in [1.54, 1.807) is 0 Å². The lowest BCUT2D eigenvalue weighted by Gasteiger charge is -2.56. The predicted octanol–water partition coefficient (Wildman–Crippen LogP) is 4.42. The van der Waals surface area contributed by atoms with Crippen molar-refractivity contribution < 1.29 is 23.1 Å². The van der Waals surface area contributed by atoms with E-state index in [-0.39, 0.29) is 35.2 Å². The number of carbonyl (C=O) groups excluding carboxylic acids is 1. The molecule has 0 aromatic heterocycles. The minimum atomic E-state index is -4.51. The topological polar surface area (TPSA) is 37.3 Å². The highest BCUT2D eigenvalue weighted by atomic mass is 19.4. The van der Waals surface area contributed by atoms with Gasteiger partial charge >= 0.3 is 6.18 Å². The Balaban J connectivity index is 1.54. The third-order valence-corrected chi connectivity index (χ3v) is 8.89. The molecule has 5 aliphatic rings. The van der Waals surface area contributed by atoms with Crippen LogP contribution in [0.4, 0.5) is 13.2 Å². The van der Waals surface area contributed by atoms with Crippen molar-refractivity contribution in [1.29, 1.82) is 0 Å². The van der Waals surface area contributed by atoms with Gasteiger partial charge in [-0.1, -0.05) is 12.5 Å². The Morgan fingerprint density at radius 1 is 1.16 bits per heavy atom. The molecule has 138 valence electrons. The van der Waals surface area contributed by atoms with Crippen LogP contribution in [0, 0.1) is 34.5 Å². The lowest BCUT2D eigenvalue weighted by atomic mass is 9.49. The Morgan fingerprint density at radius 3 is 2.64 bits per heavy atom. The standard InChI is InChI=1S/C20H25F3O2/c1-18-7-6-12-11-3-5-15(24)17(20(21,22)23)13(11)2-4-14(12)19(18)9-10(19)8-16(18)25/h10-12,14,16,25H,2-9H2,1H3/t10?,11-,12-,14-,16?,18-,19?/m1/s1. The largest absolute Gasteiger partial charge is 0.419 e. The van der Waals surface area contributed by atoms with E-state index in [1.165, 1.54) is 0 Å². The zero-order chi connectivity index (χ0) is 17.8. The molecule has 2 nitrogen and oxygen atoms in total. The van der Waals surface area contributed by atoms with Gasteiger partial charge in [0.05, 0.1) is 11.7 Å². The Bertz CT molecular complexity index is 681. The van der Waals surface area contributed by atoms with Gasteiger partial charge in [0.15, 0.2) is 5.78 Å². The molecule has 4 fully saturated rings. The molecule has 4 saturated carbocycles. The minimum Gasteiger partial charge on any atom is -0.393 e. The molecule has 0 amide bonds. The number of halogens is 3. The number of hydrogen-bond donors (Lipinski definition) is 1. The molecule has 0 heterocycles. The first-order chi connectivity index (χ1) is 11.7. The number of Topliss-reactive ketones (excluding diaryl/α,β-unsaturated/α-hetero) is 1. The number of aliphatic hydroxyl groups is 1. The number of aliphatic hydroxyl groups excluding tert-OH is 1. The fourth-order valence-corrected chi connectivity index (χ4v) is 7.85. The third-order valence-electron chi connectivity index (χ3n) is 8.89. The Labute approximate surface area is 145 Å². The summed E-state index contributed by atoms with van der Waals surface area (Å²) in [5.74, 6) is 0.517. The van der Waals surface area contributed by atoms with E-state index in [9.17, 15) is 23.1 Å². The molecule has 7 atom stereocenters. The molecule has 0 radical (unpaired) electrons. The van der Waals surface area contributed by atoms with Crippen molar-refractivity contribution in [1.82, 2.24) is 0 Å². The van der Waals surface area contributed by atoms with Gasteiger partial charge in [-0.15, -0.1) is 0 Å². The van der Waals surface area contributed by atoms with Crippen LogP contribution < -0.4 is 0 Å². The van der Waals surface area contributed by atoms with Crippen molar-refractivity contribution in [3.05, 3.63) is 11.1 Å². The molecule has 5 heteroatoms. The van der Waals surface area contributed by atoms with E-state index < -0.39 is 17.5 Å². The second-order valence-corrected chi connectivity index (χ2v) is 9.42. The Kier molecular flexibility index (Phi) is 3.08. The smallest absolute Gasteiger partial charge is 0.393 e. The predicted molar refractivity (Wildman–Crippen MR) is 85.5 cm³/mol. The molecular formula is C20H25F3O2. The highest BCUT2D eigenvalue weighted by Gasteiger charge is 2.77. The number of carbonyl (C=O) groups is 1. The lowest BCUT2D eigenvalue weighted by molar-refractivity contribution is -0.133. The van der Waals surface area contributed by atoms with Gasteiger partial charge in [-0.3, -0.25) is 4.79 Å². The van der Waals surface area contributed by atoms with E-state index in [1.807, 2.05) is 0 Å². The van der Waals surface area contributed by atoms with Crippen LogP contribution in [0.2, 0.25) is 0 Å². The van der Waals surface area contributed by atoms with E-state index in [0.717, 1.165) is 32.1 Å². The summed E-state index contributed by atoms with van der Waals surface area (Å²) in [5.41, 5.74) is -0.273. The Hall–Kier alpha value is -0.840. The number of fused-ring (bicyclic) bond motifs is 3. The quantitative estimate of drug-likeness (QED) is 0.699. The van der Waals surface area contributed by atoms with Crippen LogP contribution in [-0.4, -0.2) is 23.2 Å². The summed E-state index contributed by atoms with van der Waals surface area (Å²) in [4.78, 5) is 12.0. The van der Waals surface area contributed by atoms with Gasteiger partial charge in [0.25, 0.3) is 0 Å². The first-order valence-corrected chi connectivity index (χ1v) is 9.71. The van der Waals surface area contributed by atoms with Gasteiger partial charge in [-0.25, -0.2) is 0 Å². The van der Waals surface area contributed by atoms with Crippen LogP contribution >= 0.6 is 0 Å². The first kappa shape index (κ1) is 16.3. The molecule has 5 aliphatic carbocycles. The number of allylic oxidation sites excluding steroid dienone is 1. The molecule has 0 bridgehead atoms. The van der Waals surface area contributed by atoms with Crippen molar-refractivity contribution in [2.45, 2.75) is 70.6 Å². The molecule has 0 saturated heterocycles. The van der Waals surface area contributed by atoms with Crippen LogP contribution in [0.3, 0.4) is 0 Å². The lowest BCUT2D eigenvalue weighted by Crippen LogP contribution is -2.51. The summed E-state index contributed by atoms with van der Waals surface area (Å²) in [7, 11) is 0. The average Bonchev–Trinajstić information content (AvgIpc) is 3.18. The maximum absolute atomic E-state index is 13.5. The summed E-state index contributed by atoms with van der Waals surface area (Å²) in [6.07, 6.45) is 0.920. The van der Waals surface area contributed by atoms with Crippen LogP contribution in [0.25, 0.3) is 0 Å². The monoisotopic (exact) mass is 354 g/mol. The maximum Gasteiger partial charge on any atom is 0.419 e. The molecule has 0 aromatic carbocycles. The Morgan fingerprint density at radius 2 is 1.92 bits per heavy atom. The van der Waals surface area contributed by atoms with E-state index in [0.29, 0.717) is 30.3 Å². The van der Waals surface area contributed by atoms with Crippen molar-refractivity contribution in [3.8, 4) is 0 Å². The number of ketones is 1. The zero-order valence-corrected chi connectivity index (χ0v) is 14.5. The summed E-state index contributed by atoms with van der Waals surface area (Å²) >= 11 is 0. The molecular weight excluding hydrogens is 329 g/mol. The normalized spacial score (nSPS) is 51.6. The minimum absolute atomic E-state index is 0.0442. The molecule has 1 spiro atoms. The van der Waals surface area contributed by atoms with Gasteiger partial charge in [0.1, 0.15) is 0 Å². The van der Waals surface area contributed by atoms with E-state index >= 15 is 0 Å². The highest BCUT2D eigenvalue weighted by molar-refractivity contribution is 5.98. The highest BCUT2D eigenvalue weighted by Crippen LogP contribution is 2.81. The van der Waals surface area contributed by atoms with Gasteiger partial charge in [-0.2, -0.15) is 13.2 Å². The summed E-state index contributed by atoms with van der Waals surface area (Å²) in [5, 5.41) is 10.6. The summed E-state index contributed by atoms with van der Waals surface area (Å²) < 4.78 is 40.5. The van der Waals surface area contributed by atoms with E-state index in [4.69, 9.17) is 0 Å². The van der Waals surface area contributed by atoms with Crippen LogP contribution in [0.5, 0.6) is 0 Å². The van der Waals surface area contributed by atoms with E-state index in [2.05, 4.69) is 6.92 Å². The van der Waals surface area contributed by atoms with Gasteiger partial charge in [0, 0.05) is 6.42 Å². The van der Waals surface area contributed by atoms with Gasteiger partial charge in [-0.05, 0) is 79.4 Å².